The van der Waals surface area contributed by atoms with Gasteiger partial charge in [-0.05, 0) is 31.3 Å². The predicted molar refractivity (Wildman–Crippen MR) is 104 cm³/mol. The van der Waals surface area contributed by atoms with Gasteiger partial charge in [-0.2, -0.15) is 0 Å². The standard InChI is InChI=1S/C20H22N6O2/c1-24-10-12-25(13-11-24)20(28)17-16-7-3-5-9-26(16)18(23-17)19(27)22-14-15-6-2-4-8-21-15/h2-9H,10-14H2,1H3,(H,22,27). The van der Waals surface area contributed by atoms with Gasteiger partial charge < -0.3 is 15.1 Å². The second kappa shape index (κ2) is 7.77. The quantitative estimate of drug-likeness (QED) is 0.734. The fourth-order valence-corrected chi connectivity index (χ4v) is 3.27. The van der Waals surface area contributed by atoms with Gasteiger partial charge >= 0.3 is 0 Å². The van der Waals surface area contributed by atoms with E-state index in [0.29, 0.717) is 30.8 Å². The molecule has 3 aromatic heterocycles. The van der Waals surface area contributed by atoms with Gasteiger partial charge in [-0.1, -0.05) is 12.1 Å². The summed E-state index contributed by atoms with van der Waals surface area (Å²) >= 11 is 0. The molecule has 0 aromatic carbocycles. The molecule has 0 saturated carbocycles. The van der Waals surface area contributed by atoms with Crippen LogP contribution in [-0.4, -0.2) is 69.2 Å². The monoisotopic (exact) mass is 378 g/mol. The Hall–Kier alpha value is -3.26. The largest absolute Gasteiger partial charge is 0.344 e. The first-order valence-corrected chi connectivity index (χ1v) is 9.26. The van der Waals surface area contributed by atoms with Gasteiger partial charge in [0.2, 0.25) is 5.82 Å². The van der Waals surface area contributed by atoms with Crippen LogP contribution < -0.4 is 5.32 Å². The topological polar surface area (TPSA) is 82.8 Å². The molecule has 2 amide bonds. The first kappa shape index (κ1) is 18.1. The number of carbonyl (C=O) groups is 2. The molecule has 8 heteroatoms. The van der Waals surface area contributed by atoms with Crippen molar-refractivity contribution in [2.24, 2.45) is 0 Å². The Morgan fingerprint density at radius 1 is 1.07 bits per heavy atom. The lowest BCUT2D eigenvalue weighted by Gasteiger charge is -2.32. The molecule has 4 rings (SSSR count). The summed E-state index contributed by atoms with van der Waals surface area (Å²) in [6.45, 7) is 3.26. The molecule has 0 unspecified atom stereocenters. The molecule has 4 heterocycles. The van der Waals surface area contributed by atoms with Gasteiger partial charge in [0, 0.05) is 38.6 Å². The average molecular weight is 378 g/mol. The van der Waals surface area contributed by atoms with E-state index in [-0.39, 0.29) is 17.6 Å². The maximum absolute atomic E-state index is 13.0. The van der Waals surface area contributed by atoms with E-state index in [2.05, 4.69) is 20.2 Å². The zero-order chi connectivity index (χ0) is 19.5. The number of hydrogen-bond acceptors (Lipinski definition) is 5. The second-order valence-corrected chi connectivity index (χ2v) is 6.84. The van der Waals surface area contributed by atoms with E-state index in [9.17, 15) is 9.59 Å². The van der Waals surface area contributed by atoms with Gasteiger partial charge in [0.05, 0.1) is 17.8 Å². The number of amides is 2. The molecule has 28 heavy (non-hydrogen) atoms. The van der Waals surface area contributed by atoms with Crippen LogP contribution in [0.1, 0.15) is 26.8 Å². The minimum absolute atomic E-state index is 0.138. The van der Waals surface area contributed by atoms with Crippen molar-refractivity contribution in [1.29, 1.82) is 0 Å². The first-order chi connectivity index (χ1) is 13.6. The molecule has 0 bridgehead atoms. The number of aromatic nitrogens is 3. The fourth-order valence-electron chi connectivity index (χ4n) is 3.27. The van der Waals surface area contributed by atoms with Crippen LogP contribution in [0.5, 0.6) is 0 Å². The molecule has 1 aliphatic heterocycles. The van der Waals surface area contributed by atoms with E-state index in [1.54, 1.807) is 21.7 Å². The van der Waals surface area contributed by atoms with Crippen LogP contribution in [0, 0.1) is 0 Å². The van der Waals surface area contributed by atoms with E-state index in [4.69, 9.17) is 0 Å². The second-order valence-electron chi connectivity index (χ2n) is 6.84. The van der Waals surface area contributed by atoms with E-state index < -0.39 is 0 Å². The Labute approximate surface area is 162 Å². The van der Waals surface area contributed by atoms with E-state index in [1.807, 2.05) is 43.4 Å². The van der Waals surface area contributed by atoms with Crippen LogP contribution in [-0.2, 0) is 6.54 Å². The number of pyridine rings is 2. The number of nitrogens with one attached hydrogen (secondary N) is 1. The molecule has 8 nitrogen and oxygen atoms in total. The van der Waals surface area contributed by atoms with E-state index in [1.165, 1.54) is 0 Å². The van der Waals surface area contributed by atoms with Crippen molar-refractivity contribution in [3.63, 3.8) is 0 Å². The number of hydrogen-bond donors (Lipinski definition) is 1. The number of likely N-dealkylation sites (N-methyl/N-ethyl adjacent to an activating group) is 1. The van der Waals surface area contributed by atoms with Crippen LogP contribution in [0.25, 0.3) is 5.52 Å². The zero-order valence-corrected chi connectivity index (χ0v) is 15.7. The molecular formula is C20H22N6O2. The van der Waals surface area contributed by atoms with Gasteiger partial charge in [-0.3, -0.25) is 19.0 Å². The lowest BCUT2D eigenvalue weighted by Crippen LogP contribution is -2.47. The minimum Gasteiger partial charge on any atom is -0.344 e. The van der Waals surface area contributed by atoms with Crippen LogP contribution in [0.4, 0.5) is 0 Å². The summed E-state index contributed by atoms with van der Waals surface area (Å²) in [5.41, 5.74) is 1.70. The van der Waals surface area contributed by atoms with Gasteiger partial charge in [-0.25, -0.2) is 4.98 Å². The highest BCUT2D eigenvalue weighted by molar-refractivity contribution is 6.02. The van der Waals surface area contributed by atoms with E-state index >= 15 is 0 Å². The fraction of sp³-hybridized carbons (Fsp3) is 0.300. The maximum atomic E-state index is 13.0. The highest BCUT2D eigenvalue weighted by atomic mass is 16.2. The number of piperazine rings is 1. The van der Waals surface area contributed by atoms with Crippen LogP contribution in [0.15, 0.2) is 48.8 Å². The van der Waals surface area contributed by atoms with Crippen molar-refractivity contribution in [2.75, 3.05) is 33.2 Å². The zero-order valence-electron chi connectivity index (χ0n) is 15.7. The number of imidazole rings is 1. The highest BCUT2D eigenvalue weighted by Gasteiger charge is 2.26. The normalized spacial score (nSPS) is 15.0. The Kier molecular flexibility index (Phi) is 5.03. The van der Waals surface area contributed by atoms with Crippen molar-refractivity contribution in [3.05, 3.63) is 66.0 Å². The van der Waals surface area contributed by atoms with Gasteiger partial charge in [0.15, 0.2) is 5.69 Å². The Morgan fingerprint density at radius 3 is 2.61 bits per heavy atom. The molecule has 1 saturated heterocycles. The Morgan fingerprint density at radius 2 is 1.86 bits per heavy atom. The lowest BCUT2D eigenvalue weighted by atomic mass is 10.2. The third-order valence-corrected chi connectivity index (χ3v) is 4.90. The van der Waals surface area contributed by atoms with Crippen LogP contribution >= 0.6 is 0 Å². The van der Waals surface area contributed by atoms with Crippen molar-refractivity contribution < 1.29 is 9.59 Å². The summed E-state index contributed by atoms with van der Waals surface area (Å²) in [5.74, 6) is -0.283. The molecule has 1 N–H and O–H groups in total. The summed E-state index contributed by atoms with van der Waals surface area (Å²) in [7, 11) is 2.04. The van der Waals surface area contributed by atoms with Crippen molar-refractivity contribution >= 4 is 17.3 Å². The van der Waals surface area contributed by atoms with Crippen LogP contribution in [0.2, 0.25) is 0 Å². The summed E-state index contributed by atoms with van der Waals surface area (Å²) in [5, 5.41) is 2.83. The van der Waals surface area contributed by atoms with E-state index in [0.717, 1.165) is 18.8 Å². The first-order valence-electron chi connectivity index (χ1n) is 9.26. The minimum atomic E-state index is -0.343. The molecular weight excluding hydrogens is 356 g/mol. The smallest absolute Gasteiger partial charge is 0.288 e. The SMILES string of the molecule is CN1CCN(C(=O)c2nc(C(=O)NCc3ccccn3)n3ccccc23)CC1. The Balaban J connectivity index is 1.59. The summed E-state index contributed by atoms with van der Waals surface area (Å²) in [4.78, 5) is 38.4. The Bertz CT molecular complexity index is 992. The number of carbonyl (C=O) groups excluding carboxylic acids is 2. The molecule has 0 aliphatic carbocycles. The molecule has 1 fully saturated rings. The third kappa shape index (κ3) is 3.59. The van der Waals surface area contributed by atoms with Gasteiger partial charge in [0.1, 0.15) is 0 Å². The lowest BCUT2D eigenvalue weighted by molar-refractivity contribution is 0.0661. The number of nitrogens with zero attached hydrogens (tertiary/aromatic N) is 5. The van der Waals surface area contributed by atoms with Crippen molar-refractivity contribution in [3.8, 4) is 0 Å². The van der Waals surface area contributed by atoms with Gasteiger partial charge in [-0.15, -0.1) is 0 Å². The molecule has 3 aromatic rings. The number of rotatable bonds is 4. The molecule has 144 valence electrons. The van der Waals surface area contributed by atoms with Gasteiger partial charge in [0.25, 0.3) is 11.8 Å². The average Bonchev–Trinajstić information content (AvgIpc) is 3.13. The highest BCUT2D eigenvalue weighted by Crippen LogP contribution is 2.16. The number of fused-ring (bicyclic) bond motifs is 1. The summed E-state index contributed by atoms with van der Waals surface area (Å²) in [6.07, 6.45) is 3.43. The van der Waals surface area contributed by atoms with Crippen molar-refractivity contribution in [2.45, 2.75) is 6.54 Å². The maximum Gasteiger partial charge on any atom is 0.288 e. The molecule has 0 spiro atoms. The predicted octanol–water partition coefficient (Wildman–Crippen LogP) is 1.05. The van der Waals surface area contributed by atoms with Crippen LogP contribution in [0.3, 0.4) is 0 Å². The molecule has 0 atom stereocenters. The summed E-state index contributed by atoms with van der Waals surface area (Å²) in [6, 6.07) is 11.0. The molecule has 0 radical (unpaired) electrons. The molecule has 1 aliphatic rings. The summed E-state index contributed by atoms with van der Waals surface area (Å²) < 4.78 is 1.66. The third-order valence-electron chi connectivity index (χ3n) is 4.90. The van der Waals surface area contributed by atoms with Crippen molar-refractivity contribution in [1.82, 2.24) is 29.5 Å².